The van der Waals surface area contributed by atoms with Crippen molar-refractivity contribution in [2.75, 3.05) is 0 Å². The lowest BCUT2D eigenvalue weighted by Crippen LogP contribution is -2.26. The summed E-state index contributed by atoms with van der Waals surface area (Å²) in [5.74, 6) is 0.981. The Kier molecular flexibility index (Phi) is 4.16. The number of benzene rings is 1. The van der Waals surface area contributed by atoms with Crippen LogP contribution in [0.5, 0.6) is 0 Å². The molecule has 0 aromatic heterocycles. The summed E-state index contributed by atoms with van der Waals surface area (Å²) in [7, 11) is 0. The van der Waals surface area contributed by atoms with Crippen LogP contribution in [0.1, 0.15) is 38.2 Å². The zero-order chi connectivity index (χ0) is 12.3. The number of rotatable bonds is 3. The van der Waals surface area contributed by atoms with Gasteiger partial charge < -0.3 is 5.11 Å². The second-order valence-corrected chi connectivity index (χ2v) is 5.42. The van der Waals surface area contributed by atoms with Gasteiger partial charge in [0.25, 0.3) is 0 Å². The van der Waals surface area contributed by atoms with Gasteiger partial charge in [0.05, 0.1) is 6.10 Å². The molecule has 0 aliphatic heterocycles. The van der Waals surface area contributed by atoms with Crippen molar-refractivity contribution >= 4 is 0 Å². The lowest BCUT2D eigenvalue weighted by Gasteiger charge is -2.29. The summed E-state index contributed by atoms with van der Waals surface area (Å²) < 4.78 is 13.0. The normalized spacial score (nSPS) is 26.8. The number of hydrogen-bond donors (Lipinski definition) is 1. The van der Waals surface area contributed by atoms with Crippen LogP contribution in [0.4, 0.5) is 4.39 Å². The molecule has 0 amide bonds. The molecule has 17 heavy (non-hydrogen) atoms. The maximum Gasteiger partial charge on any atom is 0.123 e. The van der Waals surface area contributed by atoms with Crippen molar-refractivity contribution in [3.8, 4) is 0 Å². The molecule has 1 aliphatic carbocycles. The minimum atomic E-state index is -0.315. The number of halogens is 1. The van der Waals surface area contributed by atoms with Gasteiger partial charge in [-0.05, 0) is 48.8 Å². The van der Waals surface area contributed by atoms with Gasteiger partial charge in [-0.1, -0.05) is 31.9 Å². The van der Waals surface area contributed by atoms with Crippen LogP contribution in [0.2, 0.25) is 0 Å². The Morgan fingerprint density at radius 2 is 2.00 bits per heavy atom. The molecule has 1 N–H and O–H groups in total. The average molecular weight is 236 g/mol. The molecule has 0 bridgehead atoms. The first-order valence-corrected chi connectivity index (χ1v) is 6.57. The second kappa shape index (κ2) is 5.63. The summed E-state index contributed by atoms with van der Waals surface area (Å²) in [5, 5.41) is 10.2. The smallest absolute Gasteiger partial charge is 0.123 e. The average Bonchev–Trinajstić information content (AvgIpc) is 2.29. The largest absolute Gasteiger partial charge is 0.392 e. The topological polar surface area (TPSA) is 20.2 Å². The monoisotopic (exact) mass is 236 g/mol. The molecular weight excluding hydrogens is 215 g/mol. The fourth-order valence-electron chi connectivity index (χ4n) is 2.74. The molecule has 0 heterocycles. The van der Waals surface area contributed by atoms with Gasteiger partial charge in [-0.3, -0.25) is 0 Å². The quantitative estimate of drug-likeness (QED) is 0.850. The summed E-state index contributed by atoms with van der Waals surface area (Å²) >= 11 is 0. The van der Waals surface area contributed by atoms with Crippen LogP contribution in [-0.2, 0) is 6.42 Å². The van der Waals surface area contributed by atoms with Crippen LogP contribution in [-0.4, -0.2) is 11.2 Å². The van der Waals surface area contributed by atoms with E-state index in [-0.39, 0.29) is 11.9 Å². The van der Waals surface area contributed by atoms with Crippen molar-refractivity contribution in [3.63, 3.8) is 0 Å². The van der Waals surface area contributed by atoms with Crippen LogP contribution >= 0.6 is 0 Å². The predicted octanol–water partition coefficient (Wildman–Crippen LogP) is 3.56. The summed E-state index contributed by atoms with van der Waals surface area (Å²) in [6.45, 7) is 2.27. The highest BCUT2D eigenvalue weighted by Gasteiger charge is 2.24. The van der Waals surface area contributed by atoms with Gasteiger partial charge in [0.2, 0.25) is 0 Å². The number of aliphatic hydroxyl groups is 1. The van der Waals surface area contributed by atoms with Crippen molar-refractivity contribution in [1.82, 2.24) is 0 Å². The highest BCUT2D eigenvalue weighted by molar-refractivity contribution is 5.17. The summed E-state index contributed by atoms with van der Waals surface area (Å²) in [6, 6.07) is 6.56. The molecule has 1 atom stereocenters. The third kappa shape index (κ3) is 3.53. The molecule has 1 fully saturated rings. The van der Waals surface area contributed by atoms with E-state index in [1.807, 2.05) is 6.07 Å². The Bertz CT molecular complexity index is 356. The summed E-state index contributed by atoms with van der Waals surface area (Å²) in [6.07, 6.45) is 4.91. The lowest BCUT2D eigenvalue weighted by atomic mass is 9.79. The molecule has 0 saturated heterocycles. The molecule has 1 aliphatic rings. The fourth-order valence-corrected chi connectivity index (χ4v) is 2.74. The first-order chi connectivity index (χ1) is 8.15. The maximum absolute atomic E-state index is 13.0. The highest BCUT2D eigenvalue weighted by Crippen LogP contribution is 2.31. The minimum absolute atomic E-state index is 0.216. The zero-order valence-corrected chi connectivity index (χ0v) is 10.4. The molecule has 0 radical (unpaired) electrons. The van der Waals surface area contributed by atoms with Crippen molar-refractivity contribution in [3.05, 3.63) is 35.6 Å². The van der Waals surface area contributed by atoms with E-state index in [2.05, 4.69) is 6.92 Å². The van der Waals surface area contributed by atoms with E-state index >= 15 is 0 Å². The third-order valence-electron chi connectivity index (χ3n) is 3.94. The van der Waals surface area contributed by atoms with Crippen LogP contribution in [0, 0.1) is 17.7 Å². The maximum atomic E-state index is 13.0. The van der Waals surface area contributed by atoms with E-state index in [0.29, 0.717) is 12.3 Å². The zero-order valence-electron chi connectivity index (χ0n) is 10.4. The molecule has 1 unspecified atom stereocenters. The molecule has 1 aromatic rings. The van der Waals surface area contributed by atoms with Crippen molar-refractivity contribution < 1.29 is 9.50 Å². The summed E-state index contributed by atoms with van der Waals surface area (Å²) in [4.78, 5) is 0. The SMILES string of the molecule is CC1CCC(C(O)Cc2cccc(F)c2)CC1. The first kappa shape index (κ1) is 12.6. The van der Waals surface area contributed by atoms with Gasteiger partial charge in [-0.25, -0.2) is 4.39 Å². The predicted molar refractivity (Wildman–Crippen MR) is 67.2 cm³/mol. The molecule has 1 nitrogen and oxygen atoms in total. The second-order valence-electron chi connectivity index (χ2n) is 5.42. The molecule has 94 valence electrons. The molecule has 2 rings (SSSR count). The van der Waals surface area contributed by atoms with Crippen molar-refractivity contribution in [1.29, 1.82) is 0 Å². The van der Waals surface area contributed by atoms with Crippen molar-refractivity contribution in [2.45, 2.75) is 45.1 Å². The van der Waals surface area contributed by atoms with Gasteiger partial charge in [0.1, 0.15) is 5.82 Å². The van der Waals surface area contributed by atoms with E-state index in [4.69, 9.17) is 0 Å². The fraction of sp³-hybridized carbons (Fsp3) is 0.600. The van der Waals surface area contributed by atoms with Crippen LogP contribution in [0.25, 0.3) is 0 Å². The third-order valence-corrected chi connectivity index (χ3v) is 3.94. The highest BCUT2D eigenvalue weighted by atomic mass is 19.1. The van der Waals surface area contributed by atoms with Gasteiger partial charge in [0, 0.05) is 0 Å². The van der Waals surface area contributed by atoms with Crippen LogP contribution < -0.4 is 0 Å². The Balaban J connectivity index is 1.90. The molecular formula is C15H21FO. The minimum Gasteiger partial charge on any atom is -0.392 e. The Morgan fingerprint density at radius 1 is 1.29 bits per heavy atom. The van der Waals surface area contributed by atoms with Gasteiger partial charge >= 0.3 is 0 Å². The Morgan fingerprint density at radius 3 is 2.65 bits per heavy atom. The molecule has 0 spiro atoms. The standard InChI is InChI=1S/C15H21FO/c1-11-5-7-13(8-6-11)15(17)10-12-3-2-4-14(16)9-12/h2-4,9,11,13,15,17H,5-8,10H2,1H3. The van der Waals surface area contributed by atoms with Gasteiger partial charge in [-0.15, -0.1) is 0 Å². The Hall–Kier alpha value is -0.890. The van der Waals surface area contributed by atoms with Gasteiger partial charge in [0.15, 0.2) is 0 Å². The van der Waals surface area contributed by atoms with E-state index in [1.54, 1.807) is 6.07 Å². The van der Waals surface area contributed by atoms with Crippen molar-refractivity contribution in [2.24, 2.45) is 11.8 Å². The molecule has 1 saturated carbocycles. The lowest BCUT2D eigenvalue weighted by molar-refractivity contribution is 0.0760. The van der Waals surface area contributed by atoms with Gasteiger partial charge in [-0.2, -0.15) is 0 Å². The molecule has 2 heteroatoms. The van der Waals surface area contributed by atoms with E-state index < -0.39 is 0 Å². The van der Waals surface area contributed by atoms with E-state index in [9.17, 15) is 9.50 Å². The summed E-state index contributed by atoms with van der Waals surface area (Å²) in [5.41, 5.74) is 0.899. The Labute approximate surface area is 103 Å². The van der Waals surface area contributed by atoms with Crippen LogP contribution in [0.15, 0.2) is 24.3 Å². The first-order valence-electron chi connectivity index (χ1n) is 6.57. The van der Waals surface area contributed by atoms with Crippen LogP contribution in [0.3, 0.4) is 0 Å². The number of aliphatic hydroxyl groups excluding tert-OH is 1. The number of hydrogen-bond acceptors (Lipinski definition) is 1. The molecule has 1 aromatic carbocycles. The van der Waals surface area contributed by atoms with E-state index in [0.717, 1.165) is 24.3 Å². The van der Waals surface area contributed by atoms with E-state index in [1.165, 1.54) is 25.0 Å².